The van der Waals surface area contributed by atoms with E-state index in [1.54, 1.807) is 53.9 Å². The maximum atomic E-state index is 14.0. The van der Waals surface area contributed by atoms with Crippen LogP contribution in [0.15, 0.2) is 71.1 Å². The topological polar surface area (TPSA) is 65.8 Å². The molecule has 1 amide bonds. The number of amides is 1. The second-order valence-corrected chi connectivity index (χ2v) is 10.7. The van der Waals surface area contributed by atoms with Gasteiger partial charge in [0.25, 0.3) is 0 Å². The molecule has 0 saturated heterocycles. The Morgan fingerprint density at radius 2 is 1.73 bits per heavy atom. The molecule has 37 heavy (non-hydrogen) atoms. The first-order valence-electron chi connectivity index (χ1n) is 10.3. The largest absolute Gasteiger partial charge is 0.417 e. The molecular formula is C25H13Cl3F3N3OS2. The summed E-state index contributed by atoms with van der Waals surface area (Å²) in [5.41, 5.74) is -1.11. The summed E-state index contributed by atoms with van der Waals surface area (Å²) in [6.07, 6.45) is -4.81. The van der Waals surface area contributed by atoms with Crippen molar-refractivity contribution in [2.45, 2.75) is 16.5 Å². The van der Waals surface area contributed by atoms with Crippen LogP contribution in [0.1, 0.15) is 21.9 Å². The number of hydrogen-bond acceptors (Lipinski definition) is 5. The minimum atomic E-state index is -4.81. The van der Waals surface area contributed by atoms with Crippen LogP contribution in [0.5, 0.6) is 0 Å². The molecule has 0 spiro atoms. The predicted molar refractivity (Wildman–Crippen MR) is 142 cm³/mol. The van der Waals surface area contributed by atoms with Crippen LogP contribution in [-0.2, 0) is 11.0 Å². The summed E-state index contributed by atoms with van der Waals surface area (Å²) in [5, 5.41) is 13.2. The molecule has 2 aromatic carbocycles. The molecule has 0 fully saturated rings. The number of nitrogens with zero attached hydrogens (tertiary/aromatic N) is 2. The molecule has 4 aromatic rings. The van der Waals surface area contributed by atoms with Gasteiger partial charge in [-0.15, -0.1) is 11.3 Å². The molecule has 2 aromatic heterocycles. The Kier molecular flexibility index (Phi) is 8.36. The van der Waals surface area contributed by atoms with E-state index in [0.29, 0.717) is 10.4 Å². The van der Waals surface area contributed by atoms with Crippen molar-refractivity contribution in [1.29, 1.82) is 5.26 Å². The van der Waals surface area contributed by atoms with Crippen molar-refractivity contribution in [1.82, 2.24) is 4.98 Å². The van der Waals surface area contributed by atoms with Crippen molar-refractivity contribution in [3.8, 4) is 16.6 Å². The Hall–Kier alpha value is -2.74. The van der Waals surface area contributed by atoms with E-state index in [0.717, 1.165) is 17.8 Å². The van der Waals surface area contributed by atoms with E-state index in [1.165, 1.54) is 23.5 Å². The fourth-order valence-electron chi connectivity index (χ4n) is 3.32. The van der Waals surface area contributed by atoms with Gasteiger partial charge in [-0.2, -0.15) is 18.4 Å². The van der Waals surface area contributed by atoms with Gasteiger partial charge in [0.1, 0.15) is 16.3 Å². The monoisotopic (exact) mass is 597 g/mol. The fourth-order valence-corrected chi connectivity index (χ4v) is 5.71. The molecule has 4 nitrogen and oxygen atoms in total. The van der Waals surface area contributed by atoms with Gasteiger partial charge >= 0.3 is 6.18 Å². The molecule has 188 valence electrons. The number of rotatable bonds is 6. The SMILES string of the molecule is N#Cc1c(C(F)(F)F)cc(-c2cccs2)nc1S[C@H](C(=O)Nc1cc(Cl)c(Cl)cc1Cl)c1ccccc1. The molecule has 4 rings (SSSR count). The number of nitriles is 1. The van der Waals surface area contributed by atoms with Gasteiger partial charge in [-0.05, 0) is 35.2 Å². The highest BCUT2D eigenvalue weighted by Crippen LogP contribution is 2.43. The van der Waals surface area contributed by atoms with Gasteiger partial charge in [0.05, 0.1) is 42.5 Å². The fraction of sp³-hybridized carbons (Fsp3) is 0.0800. The molecule has 1 atom stereocenters. The summed E-state index contributed by atoms with van der Waals surface area (Å²) in [6.45, 7) is 0. The number of carbonyl (C=O) groups excluding carboxylic acids is 1. The predicted octanol–water partition coefficient (Wildman–Crippen LogP) is 9.13. The number of carbonyl (C=O) groups is 1. The van der Waals surface area contributed by atoms with E-state index in [1.807, 2.05) is 0 Å². The van der Waals surface area contributed by atoms with Crippen LogP contribution in [0.3, 0.4) is 0 Å². The Bertz CT molecular complexity index is 1490. The zero-order valence-corrected chi connectivity index (χ0v) is 22.2. The molecule has 1 N–H and O–H groups in total. The number of nitrogens with one attached hydrogen (secondary N) is 1. The number of pyridine rings is 1. The van der Waals surface area contributed by atoms with Gasteiger partial charge in [-0.3, -0.25) is 4.79 Å². The highest BCUT2D eigenvalue weighted by molar-refractivity contribution is 8.00. The first kappa shape index (κ1) is 27.3. The second kappa shape index (κ2) is 11.3. The average Bonchev–Trinajstić information content (AvgIpc) is 3.40. The van der Waals surface area contributed by atoms with Crippen LogP contribution < -0.4 is 5.32 Å². The molecular weight excluding hydrogens is 586 g/mol. The van der Waals surface area contributed by atoms with Crippen LogP contribution in [0.25, 0.3) is 10.6 Å². The molecule has 0 radical (unpaired) electrons. The average molecular weight is 599 g/mol. The zero-order valence-electron chi connectivity index (χ0n) is 18.3. The van der Waals surface area contributed by atoms with Crippen LogP contribution in [-0.4, -0.2) is 10.9 Å². The number of benzene rings is 2. The smallest absolute Gasteiger partial charge is 0.323 e. The number of alkyl halides is 3. The minimum absolute atomic E-state index is 0.0450. The molecule has 0 saturated carbocycles. The number of thioether (sulfide) groups is 1. The summed E-state index contributed by atoms with van der Waals surface area (Å²) in [4.78, 5) is 18.3. The normalized spacial score (nSPS) is 12.1. The lowest BCUT2D eigenvalue weighted by molar-refractivity contribution is -0.138. The van der Waals surface area contributed by atoms with E-state index >= 15 is 0 Å². The first-order chi connectivity index (χ1) is 17.6. The standard InChI is InChI=1S/C25H13Cl3F3N3OS2/c26-16-10-18(28)19(11-17(16)27)33-23(35)22(13-5-2-1-3-6-13)37-24-14(12-32)15(25(29,30)31)9-20(34-24)21-7-4-8-36-21/h1-11,22H,(H,33,35)/t22-/m0/s1. The maximum absolute atomic E-state index is 14.0. The molecule has 0 bridgehead atoms. The van der Waals surface area contributed by atoms with E-state index in [4.69, 9.17) is 34.8 Å². The third kappa shape index (κ3) is 6.22. The molecule has 0 aliphatic heterocycles. The van der Waals surface area contributed by atoms with Crippen molar-refractivity contribution in [2.24, 2.45) is 0 Å². The van der Waals surface area contributed by atoms with Crippen LogP contribution in [0.4, 0.5) is 18.9 Å². The lowest BCUT2D eigenvalue weighted by atomic mass is 10.1. The Morgan fingerprint density at radius 1 is 1.03 bits per heavy atom. The summed E-state index contributed by atoms with van der Waals surface area (Å²) >= 11 is 20.2. The van der Waals surface area contributed by atoms with Gasteiger partial charge in [-0.1, -0.05) is 83.0 Å². The second-order valence-electron chi connectivity index (χ2n) is 7.47. The Labute approximate surface area is 233 Å². The van der Waals surface area contributed by atoms with Crippen LogP contribution in [0.2, 0.25) is 15.1 Å². The van der Waals surface area contributed by atoms with Crippen LogP contribution >= 0.6 is 57.9 Å². The van der Waals surface area contributed by atoms with E-state index in [9.17, 15) is 23.2 Å². The lowest BCUT2D eigenvalue weighted by Crippen LogP contribution is -2.20. The van der Waals surface area contributed by atoms with Gasteiger partial charge in [0, 0.05) is 0 Å². The van der Waals surface area contributed by atoms with Crippen molar-refractivity contribution >= 4 is 69.5 Å². The van der Waals surface area contributed by atoms with Crippen molar-refractivity contribution in [3.63, 3.8) is 0 Å². The third-order valence-corrected chi connectivity index (χ3v) is 8.18. The number of thiophene rings is 1. The van der Waals surface area contributed by atoms with E-state index < -0.39 is 28.5 Å². The van der Waals surface area contributed by atoms with Gasteiger partial charge in [-0.25, -0.2) is 4.98 Å². The minimum Gasteiger partial charge on any atom is -0.323 e. The summed E-state index contributed by atoms with van der Waals surface area (Å²) < 4.78 is 41.9. The molecule has 2 heterocycles. The zero-order chi connectivity index (χ0) is 26.7. The van der Waals surface area contributed by atoms with Gasteiger partial charge < -0.3 is 5.32 Å². The van der Waals surface area contributed by atoms with Crippen molar-refractivity contribution in [2.75, 3.05) is 5.32 Å². The Morgan fingerprint density at radius 3 is 2.35 bits per heavy atom. The van der Waals surface area contributed by atoms with Crippen molar-refractivity contribution in [3.05, 3.63) is 97.8 Å². The van der Waals surface area contributed by atoms with Gasteiger partial charge in [0.2, 0.25) is 5.91 Å². The molecule has 12 heteroatoms. The van der Waals surface area contributed by atoms with Crippen molar-refractivity contribution < 1.29 is 18.0 Å². The summed E-state index contributed by atoms with van der Waals surface area (Å²) in [6, 6.07) is 16.9. The number of halogens is 6. The van der Waals surface area contributed by atoms with Gasteiger partial charge in [0.15, 0.2) is 0 Å². The maximum Gasteiger partial charge on any atom is 0.417 e. The first-order valence-corrected chi connectivity index (χ1v) is 13.2. The van der Waals surface area contributed by atoms with E-state index in [2.05, 4.69) is 10.3 Å². The third-order valence-electron chi connectivity index (χ3n) is 5.01. The highest BCUT2D eigenvalue weighted by Gasteiger charge is 2.37. The summed E-state index contributed by atoms with van der Waals surface area (Å²) in [7, 11) is 0. The Balaban J connectivity index is 1.81. The summed E-state index contributed by atoms with van der Waals surface area (Å²) in [5.74, 6) is -0.614. The number of aromatic nitrogens is 1. The molecule has 0 aliphatic carbocycles. The molecule has 0 aliphatic rings. The number of hydrogen-bond donors (Lipinski definition) is 1. The molecule has 0 unspecified atom stereocenters. The van der Waals surface area contributed by atoms with E-state index in [-0.39, 0.29) is 31.5 Å². The number of anilines is 1. The van der Waals surface area contributed by atoms with Crippen LogP contribution in [0, 0.1) is 11.3 Å². The highest BCUT2D eigenvalue weighted by atomic mass is 35.5. The lowest BCUT2D eigenvalue weighted by Gasteiger charge is -2.20. The quantitative estimate of drug-likeness (QED) is 0.178.